The first-order chi connectivity index (χ1) is 12.5. The maximum Gasteiger partial charge on any atom is 0.200 e. The van der Waals surface area contributed by atoms with Gasteiger partial charge >= 0.3 is 0 Å². The smallest absolute Gasteiger partial charge is 0.200 e. The van der Waals surface area contributed by atoms with Gasteiger partial charge in [0.05, 0.1) is 0 Å². The molecule has 0 radical (unpaired) electrons. The Morgan fingerprint density at radius 3 is 2.77 bits per heavy atom. The van der Waals surface area contributed by atoms with E-state index in [0.29, 0.717) is 27.4 Å². The first-order valence-electron chi connectivity index (χ1n) is 7.67. The lowest BCUT2D eigenvalue weighted by Gasteiger charge is -2.05. The molecule has 0 aliphatic carbocycles. The summed E-state index contributed by atoms with van der Waals surface area (Å²) in [5.41, 5.74) is 1.81. The van der Waals surface area contributed by atoms with Gasteiger partial charge in [-0.1, -0.05) is 57.0 Å². The van der Waals surface area contributed by atoms with E-state index >= 15 is 0 Å². The fourth-order valence-electron chi connectivity index (χ4n) is 2.56. The highest BCUT2D eigenvalue weighted by atomic mass is 79.9. The maximum absolute atomic E-state index is 6.24. The van der Waals surface area contributed by atoms with Crippen molar-refractivity contribution in [1.29, 1.82) is 0 Å². The zero-order chi connectivity index (χ0) is 18.3. The average molecular weight is 469 g/mol. The molecular formula is C18H12BrCl2N3OS. The average Bonchev–Trinajstić information content (AvgIpc) is 3.17. The minimum Gasteiger partial charge on any atom is -0.453 e. The van der Waals surface area contributed by atoms with Crippen LogP contribution < -0.4 is 0 Å². The van der Waals surface area contributed by atoms with E-state index < -0.39 is 0 Å². The predicted molar refractivity (Wildman–Crippen MR) is 110 cm³/mol. The summed E-state index contributed by atoms with van der Waals surface area (Å²) in [6, 6.07) is 13.4. The Kier molecular flexibility index (Phi) is 5.01. The molecule has 0 saturated heterocycles. The van der Waals surface area contributed by atoms with Gasteiger partial charge in [-0.2, -0.15) is 0 Å². The quantitative estimate of drug-likeness (QED) is 0.317. The zero-order valence-corrected chi connectivity index (χ0v) is 17.5. The van der Waals surface area contributed by atoms with Gasteiger partial charge in [0.1, 0.15) is 5.58 Å². The molecule has 0 unspecified atom stereocenters. The molecule has 2 heterocycles. The van der Waals surface area contributed by atoms with Crippen LogP contribution in [0.3, 0.4) is 0 Å². The van der Waals surface area contributed by atoms with Crippen molar-refractivity contribution in [2.75, 3.05) is 0 Å². The van der Waals surface area contributed by atoms with Crippen LogP contribution in [0.5, 0.6) is 0 Å². The van der Waals surface area contributed by atoms with E-state index in [-0.39, 0.29) is 0 Å². The summed E-state index contributed by atoms with van der Waals surface area (Å²) in [6.45, 7) is 0. The molecule has 8 heteroatoms. The van der Waals surface area contributed by atoms with Crippen LogP contribution in [0.4, 0.5) is 0 Å². The summed E-state index contributed by atoms with van der Waals surface area (Å²) in [4.78, 5) is 0. The van der Waals surface area contributed by atoms with Crippen LogP contribution in [0, 0.1) is 0 Å². The fourth-order valence-corrected chi connectivity index (χ4v) is 4.41. The van der Waals surface area contributed by atoms with Crippen molar-refractivity contribution in [2.45, 2.75) is 10.9 Å². The Bertz CT molecular complexity index is 1110. The minimum atomic E-state index is 0.626. The van der Waals surface area contributed by atoms with Crippen LogP contribution in [-0.2, 0) is 12.8 Å². The summed E-state index contributed by atoms with van der Waals surface area (Å²) in [6.07, 6.45) is 0. The predicted octanol–water partition coefficient (Wildman–Crippen LogP) is 6.59. The summed E-state index contributed by atoms with van der Waals surface area (Å²) < 4.78 is 8.83. The Hall–Kier alpha value is -1.47. The van der Waals surface area contributed by atoms with Crippen molar-refractivity contribution in [3.05, 3.63) is 62.5 Å². The highest BCUT2D eigenvalue weighted by Gasteiger charge is 2.16. The third kappa shape index (κ3) is 3.51. The van der Waals surface area contributed by atoms with Gasteiger partial charge < -0.3 is 8.98 Å². The lowest BCUT2D eigenvalue weighted by atomic mass is 10.2. The molecule has 0 bridgehead atoms. The molecule has 0 spiro atoms. The molecule has 4 aromatic rings. The van der Waals surface area contributed by atoms with Gasteiger partial charge in [-0.3, -0.25) is 0 Å². The van der Waals surface area contributed by atoms with Crippen molar-refractivity contribution < 1.29 is 4.42 Å². The van der Waals surface area contributed by atoms with Crippen molar-refractivity contribution in [2.24, 2.45) is 7.05 Å². The second-order valence-corrected chi connectivity index (χ2v) is 8.38. The molecule has 0 fully saturated rings. The van der Waals surface area contributed by atoms with Gasteiger partial charge in [0.2, 0.25) is 0 Å². The Morgan fingerprint density at radius 2 is 1.96 bits per heavy atom. The molecule has 4 nitrogen and oxygen atoms in total. The largest absolute Gasteiger partial charge is 0.453 e. The molecule has 0 atom stereocenters. The van der Waals surface area contributed by atoms with Crippen LogP contribution in [-0.4, -0.2) is 14.8 Å². The topological polar surface area (TPSA) is 43.9 Å². The first-order valence-corrected chi connectivity index (χ1v) is 10.2. The van der Waals surface area contributed by atoms with E-state index in [1.54, 1.807) is 17.8 Å². The highest BCUT2D eigenvalue weighted by molar-refractivity contribution is 9.10. The number of furan rings is 1. The first kappa shape index (κ1) is 17.9. The summed E-state index contributed by atoms with van der Waals surface area (Å²) in [7, 11) is 1.92. The van der Waals surface area contributed by atoms with Gasteiger partial charge in [-0.25, -0.2) is 0 Å². The van der Waals surface area contributed by atoms with Gasteiger partial charge in [0.25, 0.3) is 0 Å². The van der Waals surface area contributed by atoms with E-state index in [0.717, 1.165) is 26.2 Å². The second kappa shape index (κ2) is 7.27. The van der Waals surface area contributed by atoms with E-state index in [2.05, 4.69) is 26.1 Å². The maximum atomic E-state index is 6.24. The SMILES string of the molecule is Cn1c(SCc2ccc(Cl)cc2Cl)nnc1-c1cc2cc(Br)ccc2o1. The van der Waals surface area contributed by atoms with Crippen molar-refractivity contribution in [3.63, 3.8) is 0 Å². The van der Waals surface area contributed by atoms with Crippen molar-refractivity contribution in [3.8, 4) is 11.6 Å². The van der Waals surface area contributed by atoms with Crippen LogP contribution in [0.1, 0.15) is 5.56 Å². The Labute approximate surface area is 172 Å². The van der Waals surface area contributed by atoms with Gasteiger partial charge in [-0.15, -0.1) is 10.2 Å². The number of nitrogens with zero attached hydrogens (tertiary/aromatic N) is 3. The Balaban J connectivity index is 1.59. The minimum absolute atomic E-state index is 0.626. The zero-order valence-electron chi connectivity index (χ0n) is 13.5. The molecule has 26 heavy (non-hydrogen) atoms. The summed E-state index contributed by atoms with van der Waals surface area (Å²) >= 11 is 17.2. The number of thioether (sulfide) groups is 1. The molecular weight excluding hydrogens is 457 g/mol. The van der Waals surface area contributed by atoms with Gasteiger partial charge in [-0.05, 0) is 42.0 Å². The summed E-state index contributed by atoms with van der Waals surface area (Å²) in [5, 5.41) is 11.6. The van der Waals surface area contributed by atoms with Crippen LogP contribution in [0.2, 0.25) is 10.0 Å². The molecule has 4 rings (SSSR count). The second-order valence-electron chi connectivity index (χ2n) is 5.68. The van der Waals surface area contributed by atoms with E-state index in [9.17, 15) is 0 Å². The molecule has 132 valence electrons. The molecule has 0 aliphatic heterocycles. The fraction of sp³-hybridized carbons (Fsp3) is 0.111. The number of benzene rings is 2. The third-order valence-electron chi connectivity index (χ3n) is 3.91. The molecule has 2 aromatic carbocycles. The number of hydrogen-bond acceptors (Lipinski definition) is 4. The number of aromatic nitrogens is 3. The van der Waals surface area contributed by atoms with Crippen molar-refractivity contribution >= 4 is 61.9 Å². The molecule has 0 saturated carbocycles. The molecule has 0 N–H and O–H groups in total. The highest BCUT2D eigenvalue weighted by Crippen LogP contribution is 2.32. The van der Waals surface area contributed by atoms with Crippen molar-refractivity contribution in [1.82, 2.24) is 14.8 Å². The number of fused-ring (bicyclic) bond motifs is 1. The van der Waals surface area contributed by atoms with E-state index in [1.165, 1.54) is 0 Å². The standard InChI is InChI=1S/C18H12BrCl2N3OS/c1-24-17(16-7-11-6-12(19)3-5-15(11)25-16)22-23-18(24)26-9-10-2-4-13(20)8-14(10)21/h2-8H,9H2,1H3. The number of hydrogen-bond donors (Lipinski definition) is 0. The molecule has 0 amide bonds. The van der Waals surface area contributed by atoms with Crippen LogP contribution in [0.25, 0.3) is 22.6 Å². The number of halogens is 3. The third-order valence-corrected chi connectivity index (χ3v) is 6.05. The molecule has 2 aromatic heterocycles. The lowest BCUT2D eigenvalue weighted by molar-refractivity contribution is 0.618. The normalized spacial score (nSPS) is 11.4. The van der Waals surface area contributed by atoms with Gasteiger partial charge in [0.15, 0.2) is 16.7 Å². The Morgan fingerprint density at radius 1 is 1.12 bits per heavy atom. The molecule has 0 aliphatic rings. The van der Waals surface area contributed by atoms with E-state index in [4.69, 9.17) is 27.6 Å². The van der Waals surface area contributed by atoms with E-state index in [1.807, 2.05) is 48.0 Å². The summed E-state index contributed by atoms with van der Waals surface area (Å²) in [5.74, 6) is 2.04. The monoisotopic (exact) mass is 467 g/mol. The van der Waals surface area contributed by atoms with Gasteiger partial charge in [0, 0.05) is 32.7 Å². The number of rotatable bonds is 4. The lowest BCUT2D eigenvalue weighted by Crippen LogP contribution is -1.94. The van der Waals surface area contributed by atoms with Crippen LogP contribution in [0.15, 0.2) is 56.5 Å². The van der Waals surface area contributed by atoms with Crippen LogP contribution >= 0.6 is 50.9 Å².